The van der Waals surface area contributed by atoms with E-state index in [1.165, 1.54) is 0 Å². The maximum Gasteiger partial charge on any atom is 0.239 e. The number of hydrogen-bond acceptors (Lipinski definition) is 3. The molecule has 0 aliphatic rings. The second kappa shape index (κ2) is 5.98. The molecule has 1 amide bonds. The first-order valence-corrected chi connectivity index (χ1v) is 5.09. The smallest absolute Gasteiger partial charge is 0.239 e. The van der Waals surface area contributed by atoms with E-state index >= 15 is 0 Å². The Kier molecular flexibility index (Phi) is 5.72. The van der Waals surface area contributed by atoms with Crippen molar-refractivity contribution in [1.82, 2.24) is 10.6 Å². The highest BCUT2D eigenvalue weighted by atomic mass is 16.3. The summed E-state index contributed by atoms with van der Waals surface area (Å²) in [6.07, 6.45) is 1.03. The molecule has 0 aromatic carbocycles. The molecule has 4 heteroatoms. The molecule has 1 unspecified atom stereocenters. The number of likely N-dealkylation sites (N-methyl/N-ethyl adjacent to an activating group) is 1. The summed E-state index contributed by atoms with van der Waals surface area (Å²) in [5.74, 6) is -0.0386. The molecule has 0 aliphatic heterocycles. The lowest BCUT2D eigenvalue weighted by Crippen LogP contribution is -2.51. The minimum Gasteiger partial charge on any atom is -0.393 e. The molecule has 0 aromatic heterocycles. The van der Waals surface area contributed by atoms with Gasteiger partial charge in [0, 0.05) is 6.54 Å². The van der Waals surface area contributed by atoms with Gasteiger partial charge in [-0.2, -0.15) is 0 Å². The number of hydrogen-bond donors (Lipinski definition) is 3. The topological polar surface area (TPSA) is 61.4 Å². The van der Waals surface area contributed by atoms with Crippen LogP contribution in [0.5, 0.6) is 0 Å². The van der Waals surface area contributed by atoms with E-state index in [-0.39, 0.29) is 12.0 Å². The van der Waals surface area contributed by atoms with Crippen molar-refractivity contribution in [2.45, 2.75) is 45.3 Å². The van der Waals surface area contributed by atoms with Crippen LogP contribution in [0.3, 0.4) is 0 Å². The van der Waals surface area contributed by atoms with Gasteiger partial charge in [-0.1, -0.05) is 6.92 Å². The summed E-state index contributed by atoms with van der Waals surface area (Å²) in [6.45, 7) is 6.08. The van der Waals surface area contributed by atoms with Gasteiger partial charge in [0.15, 0.2) is 0 Å². The van der Waals surface area contributed by atoms with E-state index in [0.717, 1.165) is 6.42 Å². The number of carbonyl (C=O) groups is 1. The molecule has 0 saturated carbocycles. The molecule has 0 rings (SSSR count). The highest BCUT2D eigenvalue weighted by Gasteiger charge is 2.24. The van der Waals surface area contributed by atoms with Crippen molar-refractivity contribution in [2.24, 2.45) is 0 Å². The predicted molar refractivity (Wildman–Crippen MR) is 57.1 cm³/mol. The van der Waals surface area contributed by atoms with Crippen LogP contribution in [-0.2, 0) is 4.79 Å². The third-order valence-electron chi connectivity index (χ3n) is 2.43. The fourth-order valence-corrected chi connectivity index (χ4v) is 0.891. The lowest BCUT2D eigenvalue weighted by molar-refractivity contribution is -0.126. The Balaban J connectivity index is 3.75. The van der Waals surface area contributed by atoms with E-state index < -0.39 is 5.54 Å². The van der Waals surface area contributed by atoms with Gasteiger partial charge in [0.05, 0.1) is 11.6 Å². The van der Waals surface area contributed by atoms with Gasteiger partial charge < -0.3 is 15.7 Å². The first-order valence-electron chi connectivity index (χ1n) is 5.09. The normalized spacial score (nSPS) is 13.8. The zero-order valence-corrected chi connectivity index (χ0v) is 9.55. The SMILES string of the molecule is CCC(O)CCNC(=O)C(C)(C)NC. The minimum absolute atomic E-state index is 0.0386. The average Bonchev–Trinajstić information content (AvgIpc) is 2.17. The molecule has 0 aliphatic carbocycles. The molecule has 3 N–H and O–H groups in total. The van der Waals surface area contributed by atoms with Gasteiger partial charge in [-0.25, -0.2) is 0 Å². The molecule has 0 spiro atoms. The molecule has 1 atom stereocenters. The minimum atomic E-state index is -0.544. The van der Waals surface area contributed by atoms with Gasteiger partial charge in [-0.05, 0) is 33.7 Å². The van der Waals surface area contributed by atoms with Crippen molar-refractivity contribution in [2.75, 3.05) is 13.6 Å². The third kappa shape index (κ3) is 4.58. The Morgan fingerprint density at radius 3 is 2.50 bits per heavy atom. The van der Waals surface area contributed by atoms with Crippen LogP contribution in [0, 0.1) is 0 Å². The summed E-state index contributed by atoms with van der Waals surface area (Å²) in [5.41, 5.74) is -0.544. The summed E-state index contributed by atoms with van der Waals surface area (Å²) in [4.78, 5) is 11.5. The Bertz CT molecular complexity index is 181. The number of amides is 1. The van der Waals surface area contributed by atoms with Gasteiger partial charge in [0.1, 0.15) is 0 Å². The quantitative estimate of drug-likeness (QED) is 0.579. The van der Waals surface area contributed by atoms with Crippen LogP contribution in [0.15, 0.2) is 0 Å². The van der Waals surface area contributed by atoms with Crippen molar-refractivity contribution >= 4 is 5.91 Å². The number of nitrogens with one attached hydrogen (secondary N) is 2. The molecular formula is C10H22N2O2. The predicted octanol–water partition coefficient (Wildman–Crippen LogP) is 0.262. The van der Waals surface area contributed by atoms with Crippen LogP contribution in [0.25, 0.3) is 0 Å². The molecule has 0 aromatic rings. The summed E-state index contributed by atoms with van der Waals surface area (Å²) in [7, 11) is 1.75. The summed E-state index contributed by atoms with van der Waals surface area (Å²) < 4.78 is 0. The Morgan fingerprint density at radius 2 is 2.07 bits per heavy atom. The van der Waals surface area contributed by atoms with Crippen molar-refractivity contribution < 1.29 is 9.90 Å². The molecule has 0 bridgehead atoms. The highest BCUT2D eigenvalue weighted by Crippen LogP contribution is 2.01. The Hall–Kier alpha value is -0.610. The standard InChI is InChI=1S/C10H22N2O2/c1-5-8(13)6-7-12-9(14)10(2,3)11-4/h8,11,13H,5-7H2,1-4H3,(H,12,14). The van der Waals surface area contributed by atoms with Crippen LogP contribution in [0.4, 0.5) is 0 Å². The molecule has 0 saturated heterocycles. The fourth-order valence-electron chi connectivity index (χ4n) is 0.891. The first kappa shape index (κ1) is 13.4. The first-order chi connectivity index (χ1) is 6.44. The fraction of sp³-hybridized carbons (Fsp3) is 0.900. The van der Waals surface area contributed by atoms with E-state index in [0.29, 0.717) is 13.0 Å². The van der Waals surface area contributed by atoms with Crippen molar-refractivity contribution in [1.29, 1.82) is 0 Å². The molecule has 0 heterocycles. The Labute approximate surface area is 86.1 Å². The van der Waals surface area contributed by atoms with Gasteiger partial charge in [0.2, 0.25) is 5.91 Å². The van der Waals surface area contributed by atoms with E-state index in [1.54, 1.807) is 7.05 Å². The number of aliphatic hydroxyl groups excluding tert-OH is 1. The number of carbonyl (C=O) groups excluding carboxylic acids is 1. The van der Waals surface area contributed by atoms with Crippen LogP contribution >= 0.6 is 0 Å². The lowest BCUT2D eigenvalue weighted by atomic mass is 10.1. The van der Waals surface area contributed by atoms with Gasteiger partial charge in [-0.3, -0.25) is 4.79 Å². The molecule has 84 valence electrons. The van der Waals surface area contributed by atoms with E-state index in [1.807, 2.05) is 20.8 Å². The monoisotopic (exact) mass is 202 g/mol. The van der Waals surface area contributed by atoms with Crippen molar-refractivity contribution in [3.8, 4) is 0 Å². The molecular weight excluding hydrogens is 180 g/mol. The van der Waals surface area contributed by atoms with E-state index in [4.69, 9.17) is 0 Å². The van der Waals surface area contributed by atoms with Crippen molar-refractivity contribution in [3.63, 3.8) is 0 Å². The molecule has 4 nitrogen and oxygen atoms in total. The van der Waals surface area contributed by atoms with Crippen molar-refractivity contribution in [3.05, 3.63) is 0 Å². The number of aliphatic hydroxyl groups is 1. The molecule has 14 heavy (non-hydrogen) atoms. The molecule has 0 fully saturated rings. The Morgan fingerprint density at radius 1 is 1.50 bits per heavy atom. The second-order valence-electron chi connectivity index (χ2n) is 3.98. The van der Waals surface area contributed by atoms with E-state index in [2.05, 4.69) is 10.6 Å². The lowest BCUT2D eigenvalue weighted by Gasteiger charge is -2.23. The zero-order chi connectivity index (χ0) is 11.2. The highest BCUT2D eigenvalue weighted by molar-refractivity contribution is 5.85. The van der Waals surface area contributed by atoms with Gasteiger partial charge in [0.25, 0.3) is 0 Å². The van der Waals surface area contributed by atoms with Crippen LogP contribution in [0.1, 0.15) is 33.6 Å². The average molecular weight is 202 g/mol. The van der Waals surface area contributed by atoms with Crippen LogP contribution < -0.4 is 10.6 Å². The second-order valence-corrected chi connectivity index (χ2v) is 3.98. The summed E-state index contributed by atoms with van der Waals surface area (Å²) >= 11 is 0. The van der Waals surface area contributed by atoms with Gasteiger partial charge in [-0.15, -0.1) is 0 Å². The number of rotatable bonds is 6. The summed E-state index contributed by atoms with van der Waals surface area (Å²) in [6, 6.07) is 0. The third-order valence-corrected chi connectivity index (χ3v) is 2.43. The maximum absolute atomic E-state index is 11.5. The maximum atomic E-state index is 11.5. The van der Waals surface area contributed by atoms with Crippen LogP contribution in [0.2, 0.25) is 0 Å². The summed E-state index contributed by atoms with van der Waals surface area (Å²) in [5, 5.41) is 15.0. The largest absolute Gasteiger partial charge is 0.393 e. The molecule has 0 radical (unpaired) electrons. The van der Waals surface area contributed by atoms with Gasteiger partial charge >= 0.3 is 0 Å². The van der Waals surface area contributed by atoms with E-state index in [9.17, 15) is 9.90 Å². The van der Waals surface area contributed by atoms with Crippen LogP contribution in [-0.4, -0.2) is 36.2 Å². The zero-order valence-electron chi connectivity index (χ0n) is 9.55.